The molecule has 0 aromatic heterocycles. The van der Waals surface area contributed by atoms with E-state index in [9.17, 15) is 0 Å². The van der Waals surface area contributed by atoms with Gasteiger partial charge in [0.25, 0.3) is 0 Å². The van der Waals surface area contributed by atoms with E-state index in [0.717, 1.165) is 10.2 Å². The van der Waals surface area contributed by atoms with Gasteiger partial charge < -0.3 is 5.32 Å². The van der Waals surface area contributed by atoms with Crippen molar-refractivity contribution in [3.8, 4) is 0 Å². The number of hydrogen-bond donors (Lipinski definition) is 1. The minimum atomic E-state index is 1.11. The van der Waals surface area contributed by atoms with E-state index in [1.807, 2.05) is 13.1 Å². The monoisotopic (exact) mass is 199 g/mol. The lowest BCUT2D eigenvalue weighted by molar-refractivity contribution is 1.41. The molecule has 0 radical (unpaired) electrons. The van der Waals surface area contributed by atoms with E-state index < -0.39 is 0 Å². The van der Waals surface area contributed by atoms with Gasteiger partial charge >= 0.3 is 0 Å². The molecular formula is C8H10BrN. The minimum Gasteiger partial charge on any atom is -0.387 e. The molecule has 1 N–H and O–H groups in total. The van der Waals surface area contributed by atoms with Crippen LogP contribution in [0.25, 0.3) is 0 Å². The topological polar surface area (TPSA) is 12.0 Å². The van der Waals surface area contributed by atoms with Crippen LogP contribution in [0, 0.1) is 6.92 Å². The van der Waals surface area contributed by atoms with Gasteiger partial charge in [0.2, 0.25) is 0 Å². The Morgan fingerprint density at radius 1 is 1.40 bits per heavy atom. The molecule has 0 heterocycles. The molecule has 1 nitrogen and oxygen atoms in total. The Balaban J connectivity index is 3.09. The van der Waals surface area contributed by atoms with E-state index in [1.165, 1.54) is 5.56 Å². The summed E-state index contributed by atoms with van der Waals surface area (Å²) in [5, 5.41) is 3.09. The molecule has 0 saturated heterocycles. The SMILES string of the molecule is CNc1cc(C)ccc1Br. The van der Waals surface area contributed by atoms with Crippen molar-refractivity contribution in [3.05, 3.63) is 28.2 Å². The lowest BCUT2D eigenvalue weighted by atomic mass is 10.2. The van der Waals surface area contributed by atoms with Crippen LogP contribution in [0.5, 0.6) is 0 Å². The Bertz CT molecular complexity index is 233. The van der Waals surface area contributed by atoms with Gasteiger partial charge in [-0.25, -0.2) is 0 Å². The fourth-order valence-electron chi connectivity index (χ4n) is 0.831. The maximum absolute atomic E-state index is 3.43. The molecule has 1 aromatic carbocycles. The first-order chi connectivity index (χ1) is 4.74. The fourth-order valence-corrected chi connectivity index (χ4v) is 1.28. The highest BCUT2D eigenvalue weighted by molar-refractivity contribution is 9.10. The molecule has 0 aliphatic rings. The number of anilines is 1. The van der Waals surface area contributed by atoms with Gasteiger partial charge in [-0.05, 0) is 40.5 Å². The van der Waals surface area contributed by atoms with Gasteiger partial charge in [0.05, 0.1) is 0 Å². The molecule has 0 unspecified atom stereocenters. The van der Waals surface area contributed by atoms with Gasteiger partial charge in [-0.15, -0.1) is 0 Å². The first-order valence-corrected chi connectivity index (χ1v) is 3.97. The molecule has 1 aromatic rings. The summed E-state index contributed by atoms with van der Waals surface area (Å²) in [6, 6.07) is 6.22. The van der Waals surface area contributed by atoms with E-state index in [-0.39, 0.29) is 0 Å². The van der Waals surface area contributed by atoms with Crippen LogP contribution in [0.3, 0.4) is 0 Å². The van der Waals surface area contributed by atoms with E-state index >= 15 is 0 Å². The van der Waals surface area contributed by atoms with E-state index in [4.69, 9.17) is 0 Å². The molecule has 0 atom stereocenters. The molecule has 2 heteroatoms. The van der Waals surface area contributed by atoms with Crippen LogP contribution < -0.4 is 5.32 Å². The van der Waals surface area contributed by atoms with Gasteiger partial charge in [0.1, 0.15) is 0 Å². The predicted molar refractivity (Wildman–Crippen MR) is 48.4 cm³/mol. The van der Waals surface area contributed by atoms with Gasteiger partial charge in [-0.1, -0.05) is 6.07 Å². The smallest absolute Gasteiger partial charge is 0.0484 e. The van der Waals surface area contributed by atoms with Crippen LogP contribution in [-0.2, 0) is 0 Å². The Hall–Kier alpha value is -0.500. The van der Waals surface area contributed by atoms with Gasteiger partial charge in [-0.2, -0.15) is 0 Å². The second-order valence-electron chi connectivity index (χ2n) is 2.23. The summed E-state index contributed by atoms with van der Waals surface area (Å²) in [6.07, 6.45) is 0. The van der Waals surface area contributed by atoms with Gasteiger partial charge in [-0.3, -0.25) is 0 Å². The van der Waals surface area contributed by atoms with Crippen molar-refractivity contribution in [2.45, 2.75) is 6.92 Å². The largest absolute Gasteiger partial charge is 0.387 e. The Morgan fingerprint density at radius 2 is 2.10 bits per heavy atom. The highest BCUT2D eigenvalue weighted by atomic mass is 79.9. The molecule has 0 amide bonds. The summed E-state index contributed by atoms with van der Waals surface area (Å²) in [5.74, 6) is 0. The third-order valence-corrected chi connectivity index (χ3v) is 2.08. The summed E-state index contributed by atoms with van der Waals surface area (Å²) in [5.41, 5.74) is 2.41. The Morgan fingerprint density at radius 3 is 2.60 bits per heavy atom. The van der Waals surface area contributed by atoms with Crippen molar-refractivity contribution in [1.29, 1.82) is 0 Å². The van der Waals surface area contributed by atoms with E-state index in [0.29, 0.717) is 0 Å². The summed E-state index contributed by atoms with van der Waals surface area (Å²) in [6.45, 7) is 2.08. The average molecular weight is 200 g/mol. The van der Waals surface area contributed by atoms with Gasteiger partial charge in [0.15, 0.2) is 0 Å². The number of halogens is 1. The Labute approximate surface area is 69.6 Å². The number of rotatable bonds is 1. The number of benzene rings is 1. The molecule has 0 aliphatic heterocycles. The summed E-state index contributed by atoms with van der Waals surface area (Å²) >= 11 is 3.43. The van der Waals surface area contributed by atoms with Crippen LogP contribution in [0.4, 0.5) is 5.69 Å². The zero-order valence-electron chi connectivity index (χ0n) is 6.11. The van der Waals surface area contributed by atoms with Gasteiger partial charge in [0, 0.05) is 17.2 Å². The third-order valence-electron chi connectivity index (χ3n) is 1.39. The van der Waals surface area contributed by atoms with Crippen molar-refractivity contribution in [1.82, 2.24) is 0 Å². The average Bonchev–Trinajstić information content (AvgIpc) is 1.94. The molecule has 1 rings (SSSR count). The van der Waals surface area contributed by atoms with Crippen molar-refractivity contribution in [2.24, 2.45) is 0 Å². The van der Waals surface area contributed by atoms with Crippen LogP contribution in [-0.4, -0.2) is 7.05 Å². The molecule has 54 valence electrons. The highest BCUT2D eigenvalue weighted by Gasteiger charge is 1.94. The number of nitrogens with one attached hydrogen (secondary N) is 1. The molecular weight excluding hydrogens is 190 g/mol. The molecule has 10 heavy (non-hydrogen) atoms. The fraction of sp³-hybridized carbons (Fsp3) is 0.250. The number of aryl methyl sites for hydroxylation is 1. The highest BCUT2D eigenvalue weighted by Crippen LogP contribution is 2.22. The summed E-state index contributed by atoms with van der Waals surface area (Å²) < 4.78 is 1.11. The zero-order chi connectivity index (χ0) is 7.56. The molecule has 0 spiro atoms. The zero-order valence-corrected chi connectivity index (χ0v) is 7.70. The number of hydrogen-bond acceptors (Lipinski definition) is 1. The normalized spacial score (nSPS) is 9.50. The van der Waals surface area contributed by atoms with Crippen molar-refractivity contribution < 1.29 is 0 Å². The molecule has 0 saturated carbocycles. The minimum absolute atomic E-state index is 1.11. The van der Waals surface area contributed by atoms with Crippen LogP contribution in [0.2, 0.25) is 0 Å². The van der Waals surface area contributed by atoms with Crippen molar-refractivity contribution >= 4 is 21.6 Å². The van der Waals surface area contributed by atoms with E-state index in [1.54, 1.807) is 0 Å². The first-order valence-electron chi connectivity index (χ1n) is 3.18. The van der Waals surface area contributed by atoms with E-state index in [2.05, 4.69) is 40.3 Å². The maximum Gasteiger partial charge on any atom is 0.0484 e. The van der Waals surface area contributed by atoms with Crippen molar-refractivity contribution in [2.75, 3.05) is 12.4 Å². The lowest BCUT2D eigenvalue weighted by Crippen LogP contribution is -1.89. The second kappa shape index (κ2) is 3.06. The van der Waals surface area contributed by atoms with Crippen LogP contribution >= 0.6 is 15.9 Å². The standard InChI is InChI=1S/C8H10BrN/c1-6-3-4-7(9)8(5-6)10-2/h3-5,10H,1-2H3. The summed E-state index contributed by atoms with van der Waals surface area (Å²) in [7, 11) is 1.92. The second-order valence-corrected chi connectivity index (χ2v) is 3.09. The maximum atomic E-state index is 3.43. The summed E-state index contributed by atoms with van der Waals surface area (Å²) in [4.78, 5) is 0. The predicted octanol–water partition coefficient (Wildman–Crippen LogP) is 2.80. The quantitative estimate of drug-likeness (QED) is 0.734. The first kappa shape index (κ1) is 7.61. The molecule has 0 aliphatic carbocycles. The van der Waals surface area contributed by atoms with Crippen LogP contribution in [0.1, 0.15) is 5.56 Å². The molecule has 0 bridgehead atoms. The molecule has 0 fully saturated rings. The lowest BCUT2D eigenvalue weighted by Gasteiger charge is -2.03. The third kappa shape index (κ3) is 1.51. The Kier molecular flexibility index (Phi) is 2.33. The van der Waals surface area contributed by atoms with Crippen molar-refractivity contribution in [3.63, 3.8) is 0 Å². The van der Waals surface area contributed by atoms with Crippen LogP contribution in [0.15, 0.2) is 22.7 Å².